The van der Waals surface area contributed by atoms with Gasteiger partial charge in [-0.1, -0.05) is 18.2 Å². The van der Waals surface area contributed by atoms with Gasteiger partial charge < -0.3 is 31.2 Å². The van der Waals surface area contributed by atoms with Crippen LogP contribution in [0.4, 0.5) is 5.69 Å². The van der Waals surface area contributed by atoms with E-state index in [0.717, 1.165) is 42.9 Å². The molecule has 0 amide bonds. The van der Waals surface area contributed by atoms with E-state index in [2.05, 4.69) is 5.32 Å². The largest absolute Gasteiger partial charge is 0.494 e. The number of hydrogen-bond acceptors (Lipinski definition) is 5. The monoisotopic (exact) mass is 515 g/mol. The number of para-hydroxylation sites is 1. The highest BCUT2D eigenvalue weighted by molar-refractivity contribution is 5.95. The minimum absolute atomic E-state index is 0.0410. The van der Waals surface area contributed by atoms with Crippen molar-refractivity contribution in [2.75, 3.05) is 31.2 Å². The minimum Gasteiger partial charge on any atom is -0.494 e. The molecule has 0 heterocycles. The molecule has 200 valence electrons. The van der Waals surface area contributed by atoms with Gasteiger partial charge in [0.1, 0.15) is 23.2 Å². The third-order valence-corrected chi connectivity index (χ3v) is 5.85. The van der Waals surface area contributed by atoms with Crippen molar-refractivity contribution >= 4 is 23.3 Å². The molecular formula is C29H37N7O2. The lowest BCUT2D eigenvalue weighted by atomic mass is 10.2. The van der Waals surface area contributed by atoms with Crippen LogP contribution in [0.1, 0.15) is 36.8 Å². The highest BCUT2D eigenvalue weighted by atomic mass is 16.5. The summed E-state index contributed by atoms with van der Waals surface area (Å²) >= 11 is 0. The number of guanidine groups is 1. The average Bonchev–Trinajstić information content (AvgIpc) is 2.93. The van der Waals surface area contributed by atoms with Crippen molar-refractivity contribution in [3.8, 4) is 11.5 Å². The van der Waals surface area contributed by atoms with Crippen molar-refractivity contribution < 1.29 is 9.47 Å². The molecule has 8 N–H and O–H groups in total. The van der Waals surface area contributed by atoms with Crippen LogP contribution in [-0.2, 0) is 0 Å². The first kappa shape index (κ1) is 28.0. The Hall–Kier alpha value is -4.53. The molecule has 0 atom stereocenters. The van der Waals surface area contributed by atoms with Gasteiger partial charge in [-0.05, 0) is 86.3 Å². The number of hydrogen-bond donors (Lipinski definition) is 6. The summed E-state index contributed by atoms with van der Waals surface area (Å²) in [6, 6.07) is 24.3. The molecule has 3 aromatic carbocycles. The summed E-state index contributed by atoms with van der Waals surface area (Å²) in [5.41, 5.74) is 13.3. The number of nitrogens with one attached hydrogen (secondary N) is 4. The fourth-order valence-corrected chi connectivity index (χ4v) is 3.72. The molecule has 38 heavy (non-hydrogen) atoms. The molecule has 0 saturated heterocycles. The van der Waals surface area contributed by atoms with Gasteiger partial charge in [0, 0.05) is 29.9 Å². The number of amidine groups is 2. The topological polar surface area (TPSA) is 157 Å². The van der Waals surface area contributed by atoms with Crippen LogP contribution in [0.2, 0.25) is 0 Å². The van der Waals surface area contributed by atoms with Crippen molar-refractivity contribution in [1.82, 2.24) is 5.32 Å². The van der Waals surface area contributed by atoms with Crippen LogP contribution in [0.3, 0.4) is 0 Å². The molecule has 0 bridgehead atoms. The fraction of sp³-hybridized carbons (Fsp3) is 0.276. The maximum absolute atomic E-state index is 8.62. The Morgan fingerprint density at radius 1 is 0.658 bits per heavy atom. The van der Waals surface area contributed by atoms with Gasteiger partial charge in [-0.3, -0.25) is 16.2 Å². The van der Waals surface area contributed by atoms with E-state index in [9.17, 15) is 0 Å². The molecular weight excluding hydrogens is 478 g/mol. The highest BCUT2D eigenvalue weighted by Gasteiger charge is 2.11. The third kappa shape index (κ3) is 9.16. The molecule has 0 spiro atoms. The summed E-state index contributed by atoms with van der Waals surface area (Å²) in [7, 11) is 0. The number of ether oxygens (including phenoxy) is 2. The Bertz CT molecular complexity index is 1170. The molecule has 0 aliphatic heterocycles. The third-order valence-electron chi connectivity index (χ3n) is 5.85. The van der Waals surface area contributed by atoms with E-state index in [0.29, 0.717) is 43.4 Å². The van der Waals surface area contributed by atoms with Gasteiger partial charge in [0.2, 0.25) is 0 Å². The predicted molar refractivity (Wildman–Crippen MR) is 154 cm³/mol. The van der Waals surface area contributed by atoms with E-state index in [4.69, 9.17) is 37.2 Å². The van der Waals surface area contributed by atoms with E-state index < -0.39 is 0 Å². The first-order chi connectivity index (χ1) is 18.4. The van der Waals surface area contributed by atoms with Crippen LogP contribution in [0.5, 0.6) is 11.5 Å². The molecule has 3 rings (SSSR count). The standard InChI is InChI=1S/C29H37N7O2/c30-27(31)22-10-14-25(15-11-22)37-20-6-4-18-35-29(34)36(24-8-2-1-3-9-24)19-5-7-21-38-26-16-12-23(13-17-26)28(32)33/h1-3,8-17H,4-7,18-21H2,(H3,30,31)(H3,32,33)(H2,34,35). The number of rotatable bonds is 15. The first-order valence-corrected chi connectivity index (χ1v) is 12.7. The van der Waals surface area contributed by atoms with Crippen molar-refractivity contribution in [3.05, 3.63) is 90.0 Å². The number of nitrogens with two attached hydrogens (primary N) is 2. The lowest BCUT2D eigenvalue weighted by Gasteiger charge is -2.26. The van der Waals surface area contributed by atoms with Gasteiger partial charge >= 0.3 is 0 Å². The molecule has 0 saturated carbocycles. The van der Waals surface area contributed by atoms with Crippen molar-refractivity contribution in [3.63, 3.8) is 0 Å². The Labute approximate surface area is 224 Å². The zero-order chi connectivity index (χ0) is 27.2. The zero-order valence-corrected chi connectivity index (χ0v) is 21.6. The van der Waals surface area contributed by atoms with E-state index in [-0.39, 0.29) is 11.7 Å². The van der Waals surface area contributed by atoms with Crippen molar-refractivity contribution in [2.24, 2.45) is 11.5 Å². The number of nitrogen functional groups attached to an aromatic ring is 2. The van der Waals surface area contributed by atoms with Gasteiger partial charge in [0.05, 0.1) is 13.2 Å². The van der Waals surface area contributed by atoms with Crippen LogP contribution >= 0.6 is 0 Å². The number of anilines is 1. The first-order valence-electron chi connectivity index (χ1n) is 12.7. The van der Waals surface area contributed by atoms with Crippen LogP contribution in [0, 0.1) is 16.2 Å². The summed E-state index contributed by atoms with van der Waals surface area (Å²) < 4.78 is 11.6. The Morgan fingerprint density at radius 3 is 1.66 bits per heavy atom. The van der Waals surface area contributed by atoms with E-state index in [1.807, 2.05) is 59.5 Å². The molecule has 0 aromatic heterocycles. The maximum Gasteiger partial charge on any atom is 0.195 e. The summed E-state index contributed by atoms with van der Waals surface area (Å²) in [6.07, 6.45) is 3.42. The Balaban J connectivity index is 1.37. The van der Waals surface area contributed by atoms with Gasteiger partial charge in [0.25, 0.3) is 0 Å². The van der Waals surface area contributed by atoms with Crippen LogP contribution in [0.15, 0.2) is 78.9 Å². The zero-order valence-electron chi connectivity index (χ0n) is 21.6. The SMILES string of the molecule is N=C(N)c1ccc(OCCCCNC(=N)N(CCCCOc2ccc(C(=N)N)cc2)c2ccccc2)cc1. The van der Waals surface area contributed by atoms with E-state index in [1.54, 1.807) is 24.3 Å². The second-order valence-corrected chi connectivity index (χ2v) is 8.75. The summed E-state index contributed by atoms with van der Waals surface area (Å²) in [5, 5.41) is 26.8. The highest BCUT2D eigenvalue weighted by Crippen LogP contribution is 2.16. The average molecular weight is 516 g/mol. The predicted octanol–water partition coefficient (Wildman–Crippen LogP) is 4.30. The van der Waals surface area contributed by atoms with E-state index in [1.165, 1.54) is 0 Å². The molecule has 0 unspecified atom stereocenters. The van der Waals surface area contributed by atoms with Crippen molar-refractivity contribution in [2.45, 2.75) is 25.7 Å². The lowest BCUT2D eigenvalue weighted by Crippen LogP contribution is -2.42. The number of benzene rings is 3. The van der Waals surface area contributed by atoms with Crippen molar-refractivity contribution in [1.29, 1.82) is 16.2 Å². The van der Waals surface area contributed by atoms with Crippen LogP contribution in [-0.4, -0.2) is 43.9 Å². The molecule has 0 radical (unpaired) electrons. The van der Waals surface area contributed by atoms with E-state index >= 15 is 0 Å². The van der Waals surface area contributed by atoms with Gasteiger partial charge in [-0.2, -0.15) is 0 Å². The molecule has 9 heteroatoms. The summed E-state index contributed by atoms with van der Waals surface area (Å²) in [6.45, 7) is 2.52. The number of nitrogens with zero attached hydrogens (tertiary/aromatic N) is 1. The Morgan fingerprint density at radius 2 is 1.16 bits per heavy atom. The van der Waals surface area contributed by atoms with Crippen LogP contribution in [0.25, 0.3) is 0 Å². The maximum atomic E-state index is 8.62. The Kier molecular flexibility index (Phi) is 11.0. The fourth-order valence-electron chi connectivity index (χ4n) is 3.72. The van der Waals surface area contributed by atoms with Crippen LogP contribution < -0.4 is 31.2 Å². The molecule has 0 fully saturated rings. The normalized spacial score (nSPS) is 10.4. The van der Waals surface area contributed by atoms with Gasteiger partial charge in [-0.25, -0.2) is 0 Å². The lowest BCUT2D eigenvalue weighted by molar-refractivity contribution is 0.307. The minimum atomic E-state index is 0.0410. The van der Waals surface area contributed by atoms with Gasteiger partial charge in [-0.15, -0.1) is 0 Å². The molecule has 9 nitrogen and oxygen atoms in total. The molecule has 0 aliphatic carbocycles. The van der Waals surface area contributed by atoms with Gasteiger partial charge in [0.15, 0.2) is 5.96 Å². The quantitative estimate of drug-likeness (QED) is 0.101. The number of unbranched alkanes of at least 4 members (excludes halogenated alkanes) is 2. The second kappa shape index (κ2) is 14.9. The molecule has 3 aromatic rings. The summed E-state index contributed by atoms with van der Waals surface area (Å²) in [4.78, 5) is 1.98. The smallest absolute Gasteiger partial charge is 0.195 e. The molecule has 0 aliphatic rings. The summed E-state index contributed by atoms with van der Waals surface area (Å²) in [5.74, 6) is 1.96. The second-order valence-electron chi connectivity index (χ2n) is 8.75.